The minimum absolute atomic E-state index is 0.160. The summed E-state index contributed by atoms with van der Waals surface area (Å²) in [6.45, 7) is 4.16. The number of nitrogens with one attached hydrogen (secondary N) is 1. The number of halogens is 1. The molecule has 0 fully saturated rings. The standard InChI is InChI=1S/C14H19IN4O/c1-9(2)19-14(12(20-3)8-17-19)13(18-16)10-4-6-11(15)7-5-10/h4-9,13,18H,16H2,1-3H3. The van der Waals surface area contributed by atoms with Crippen molar-refractivity contribution in [2.45, 2.75) is 25.9 Å². The topological polar surface area (TPSA) is 65.1 Å². The van der Waals surface area contributed by atoms with Crippen LogP contribution in [0.15, 0.2) is 30.5 Å². The number of hydrazine groups is 1. The Morgan fingerprint density at radius 2 is 1.95 bits per heavy atom. The van der Waals surface area contributed by atoms with Gasteiger partial charge >= 0.3 is 0 Å². The molecule has 0 aliphatic heterocycles. The van der Waals surface area contributed by atoms with E-state index in [1.807, 2.05) is 4.68 Å². The molecule has 1 aromatic heterocycles. The lowest BCUT2D eigenvalue weighted by Gasteiger charge is -2.21. The molecule has 1 atom stereocenters. The summed E-state index contributed by atoms with van der Waals surface area (Å²) in [5.74, 6) is 6.51. The van der Waals surface area contributed by atoms with Crippen molar-refractivity contribution in [3.05, 3.63) is 45.3 Å². The molecule has 0 spiro atoms. The minimum Gasteiger partial charge on any atom is -0.493 e. The molecule has 0 aliphatic rings. The van der Waals surface area contributed by atoms with E-state index in [-0.39, 0.29) is 12.1 Å². The third-order valence-corrected chi connectivity index (χ3v) is 3.87. The fourth-order valence-corrected chi connectivity index (χ4v) is 2.55. The second kappa shape index (κ2) is 6.55. The number of hydrogen-bond donors (Lipinski definition) is 2. The van der Waals surface area contributed by atoms with Crippen LogP contribution >= 0.6 is 22.6 Å². The van der Waals surface area contributed by atoms with Crippen LogP contribution < -0.4 is 16.0 Å². The molecule has 2 aromatic rings. The molecule has 0 saturated carbocycles. The van der Waals surface area contributed by atoms with Gasteiger partial charge in [-0.3, -0.25) is 10.5 Å². The van der Waals surface area contributed by atoms with Crippen molar-refractivity contribution in [1.82, 2.24) is 15.2 Å². The minimum atomic E-state index is -0.160. The number of ether oxygens (including phenoxy) is 1. The van der Waals surface area contributed by atoms with Crippen LogP contribution in [0.2, 0.25) is 0 Å². The Morgan fingerprint density at radius 1 is 1.30 bits per heavy atom. The number of nitrogens with zero attached hydrogens (tertiary/aromatic N) is 2. The van der Waals surface area contributed by atoms with Gasteiger partial charge in [0, 0.05) is 9.61 Å². The van der Waals surface area contributed by atoms with Gasteiger partial charge in [0.05, 0.1) is 19.3 Å². The second-order valence-electron chi connectivity index (χ2n) is 4.79. The summed E-state index contributed by atoms with van der Waals surface area (Å²) in [5.41, 5.74) is 4.88. The van der Waals surface area contributed by atoms with Gasteiger partial charge in [-0.25, -0.2) is 5.43 Å². The van der Waals surface area contributed by atoms with E-state index in [9.17, 15) is 0 Å². The van der Waals surface area contributed by atoms with E-state index >= 15 is 0 Å². The van der Waals surface area contributed by atoms with Crippen LogP contribution in [0.4, 0.5) is 0 Å². The zero-order chi connectivity index (χ0) is 14.7. The summed E-state index contributed by atoms with van der Waals surface area (Å²) in [5, 5.41) is 4.39. The molecule has 108 valence electrons. The average molecular weight is 386 g/mol. The SMILES string of the molecule is COc1cnn(C(C)C)c1C(NN)c1ccc(I)cc1. The van der Waals surface area contributed by atoms with E-state index < -0.39 is 0 Å². The predicted octanol–water partition coefficient (Wildman–Crippen LogP) is 2.63. The van der Waals surface area contributed by atoms with Crippen molar-refractivity contribution in [2.75, 3.05) is 7.11 Å². The van der Waals surface area contributed by atoms with Gasteiger partial charge in [0.15, 0.2) is 5.75 Å². The van der Waals surface area contributed by atoms with Crippen LogP contribution in [0, 0.1) is 3.57 Å². The first-order valence-corrected chi connectivity index (χ1v) is 7.49. The van der Waals surface area contributed by atoms with E-state index in [1.165, 1.54) is 3.57 Å². The first kappa shape index (κ1) is 15.3. The van der Waals surface area contributed by atoms with E-state index in [0.717, 1.165) is 17.0 Å². The highest BCUT2D eigenvalue weighted by Crippen LogP contribution is 2.31. The van der Waals surface area contributed by atoms with Gasteiger partial charge in [0.25, 0.3) is 0 Å². The van der Waals surface area contributed by atoms with Gasteiger partial charge in [-0.15, -0.1) is 0 Å². The molecule has 20 heavy (non-hydrogen) atoms. The van der Waals surface area contributed by atoms with Crippen molar-refractivity contribution >= 4 is 22.6 Å². The fourth-order valence-electron chi connectivity index (χ4n) is 2.19. The molecule has 0 bridgehead atoms. The molecule has 0 radical (unpaired) electrons. The molecular formula is C14H19IN4O. The number of benzene rings is 1. The van der Waals surface area contributed by atoms with Crippen molar-refractivity contribution in [3.63, 3.8) is 0 Å². The van der Waals surface area contributed by atoms with Gasteiger partial charge < -0.3 is 4.74 Å². The van der Waals surface area contributed by atoms with Crippen molar-refractivity contribution in [2.24, 2.45) is 5.84 Å². The Hall–Kier alpha value is -1.12. The van der Waals surface area contributed by atoms with Crippen LogP contribution in [0.25, 0.3) is 0 Å². The van der Waals surface area contributed by atoms with Crippen LogP contribution in [0.1, 0.15) is 37.2 Å². The van der Waals surface area contributed by atoms with Crippen LogP contribution in [0.5, 0.6) is 5.75 Å². The summed E-state index contributed by atoms with van der Waals surface area (Å²) in [7, 11) is 1.65. The lowest BCUT2D eigenvalue weighted by atomic mass is 10.0. The molecule has 1 unspecified atom stereocenters. The summed E-state index contributed by atoms with van der Waals surface area (Å²) in [6.07, 6.45) is 1.73. The maximum atomic E-state index is 5.78. The number of aromatic nitrogens is 2. The van der Waals surface area contributed by atoms with Gasteiger partial charge in [0.1, 0.15) is 5.69 Å². The molecule has 1 aromatic carbocycles. The van der Waals surface area contributed by atoms with E-state index in [0.29, 0.717) is 0 Å². The fraction of sp³-hybridized carbons (Fsp3) is 0.357. The molecular weight excluding hydrogens is 367 g/mol. The average Bonchev–Trinajstić information content (AvgIpc) is 2.86. The zero-order valence-corrected chi connectivity index (χ0v) is 14.0. The van der Waals surface area contributed by atoms with Gasteiger partial charge in [-0.1, -0.05) is 12.1 Å². The number of hydrogen-bond acceptors (Lipinski definition) is 4. The largest absolute Gasteiger partial charge is 0.493 e. The summed E-state index contributed by atoms with van der Waals surface area (Å²) in [6, 6.07) is 8.30. The Morgan fingerprint density at radius 3 is 2.45 bits per heavy atom. The van der Waals surface area contributed by atoms with Crippen LogP contribution in [-0.2, 0) is 0 Å². The number of rotatable bonds is 5. The number of methoxy groups -OCH3 is 1. The Balaban J connectivity index is 2.50. The van der Waals surface area contributed by atoms with Gasteiger partial charge in [-0.05, 0) is 54.1 Å². The van der Waals surface area contributed by atoms with Crippen molar-refractivity contribution < 1.29 is 4.74 Å². The third-order valence-electron chi connectivity index (χ3n) is 3.15. The summed E-state index contributed by atoms with van der Waals surface area (Å²) >= 11 is 2.28. The van der Waals surface area contributed by atoms with E-state index in [1.54, 1.807) is 13.3 Å². The lowest BCUT2D eigenvalue weighted by molar-refractivity contribution is 0.394. The maximum Gasteiger partial charge on any atom is 0.161 e. The Bertz CT molecular complexity index is 565. The predicted molar refractivity (Wildman–Crippen MR) is 87.5 cm³/mol. The normalized spacial score (nSPS) is 12.7. The smallest absolute Gasteiger partial charge is 0.161 e. The molecule has 0 amide bonds. The van der Waals surface area contributed by atoms with Crippen molar-refractivity contribution in [1.29, 1.82) is 0 Å². The molecule has 0 saturated heterocycles. The molecule has 0 aliphatic carbocycles. The number of nitrogens with two attached hydrogens (primary N) is 1. The van der Waals surface area contributed by atoms with E-state index in [4.69, 9.17) is 10.6 Å². The first-order chi connectivity index (χ1) is 9.58. The van der Waals surface area contributed by atoms with Crippen LogP contribution in [-0.4, -0.2) is 16.9 Å². The highest BCUT2D eigenvalue weighted by molar-refractivity contribution is 14.1. The van der Waals surface area contributed by atoms with Gasteiger partial charge in [0.2, 0.25) is 0 Å². The van der Waals surface area contributed by atoms with Gasteiger partial charge in [-0.2, -0.15) is 5.10 Å². The third kappa shape index (κ3) is 2.97. The van der Waals surface area contributed by atoms with Crippen LogP contribution in [0.3, 0.4) is 0 Å². The molecule has 5 nitrogen and oxygen atoms in total. The Kier molecular flexibility index (Phi) is 5.00. The highest BCUT2D eigenvalue weighted by atomic mass is 127. The first-order valence-electron chi connectivity index (χ1n) is 6.41. The summed E-state index contributed by atoms with van der Waals surface area (Å²) in [4.78, 5) is 0. The summed E-state index contributed by atoms with van der Waals surface area (Å²) < 4.78 is 8.54. The second-order valence-corrected chi connectivity index (χ2v) is 6.03. The lowest BCUT2D eigenvalue weighted by Crippen LogP contribution is -2.31. The monoisotopic (exact) mass is 386 g/mol. The maximum absolute atomic E-state index is 5.78. The quantitative estimate of drug-likeness (QED) is 0.471. The van der Waals surface area contributed by atoms with E-state index in [2.05, 4.69) is 71.2 Å². The Labute approximate surface area is 132 Å². The molecule has 2 rings (SSSR count). The molecule has 3 N–H and O–H groups in total. The zero-order valence-electron chi connectivity index (χ0n) is 11.8. The molecule has 6 heteroatoms. The highest BCUT2D eigenvalue weighted by Gasteiger charge is 2.23. The van der Waals surface area contributed by atoms with Crippen molar-refractivity contribution in [3.8, 4) is 5.75 Å². The molecule has 1 heterocycles.